The van der Waals surface area contributed by atoms with Crippen molar-refractivity contribution in [3.8, 4) is 0 Å². The molecular weight excluding hydrogens is 324 g/mol. The summed E-state index contributed by atoms with van der Waals surface area (Å²) in [6.07, 6.45) is 1.87. The van der Waals surface area contributed by atoms with Crippen LogP contribution >= 0.6 is 0 Å². The Balaban J connectivity index is 2.31. The molecule has 0 bridgehead atoms. The number of para-hydroxylation sites is 2. The fourth-order valence-corrected chi connectivity index (χ4v) is 3.42. The van der Waals surface area contributed by atoms with Crippen LogP contribution in [-0.4, -0.2) is 20.6 Å². The van der Waals surface area contributed by atoms with Gasteiger partial charge in [0.1, 0.15) is 0 Å². The van der Waals surface area contributed by atoms with E-state index in [1.54, 1.807) is 0 Å². The molecule has 0 aromatic heterocycles. The summed E-state index contributed by atoms with van der Waals surface area (Å²) in [6.45, 7) is 12.5. The summed E-state index contributed by atoms with van der Waals surface area (Å²) in [5, 5.41) is 6.72. The standard InChI is InChI=1S/C21H28N2OSi/c1-6-25(4,5)24-21(18(2)3)17-22-23(19-13-9-7-10-14-19)20-15-11-8-12-16-20/h6-18,21H,1H2,2-5H3/b22-17+/t21-/m1/s1. The first-order valence-electron chi connectivity index (χ1n) is 8.68. The Morgan fingerprint density at radius 1 is 0.960 bits per heavy atom. The zero-order chi connectivity index (χ0) is 18.3. The molecule has 0 heterocycles. The maximum absolute atomic E-state index is 6.32. The van der Waals surface area contributed by atoms with Crippen molar-refractivity contribution in [1.29, 1.82) is 0 Å². The van der Waals surface area contributed by atoms with E-state index in [1.807, 2.05) is 53.3 Å². The topological polar surface area (TPSA) is 24.8 Å². The molecule has 0 saturated carbocycles. The van der Waals surface area contributed by atoms with Crippen molar-refractivity contribution in [2.75, 3.05) is 5.01 Å². The minimum absolute atomic E-state index is 0.0467. The van der Waals surface area contributed by atoms with Crippen molar-refractivity contribution in [3.63, 3.8) is 0 Å². The molecule has 2 aromatic carbocycles. The number of hydrogen-bond donors (Lipinski definition) is 0. The zero-order valence-electron chi connectivity index (χ0n) is 15.6. The van der Waals surface area contributed by atoms with E-state index < -0.39 is 8.32 Å². The quantitative estimate of drug-likeness (QED) is 0.342. The van der Waals surface area contributed by atoms with Crippen LogP contribution in [0.3, 0.4) is 0 Å². The third kappa shape index (κ3) is 5.69. The normalized spacial score (nSPS) is 13.2. The highest BCUT2D eigenvalue weighted by Crippen LogP contribution is 2.25. The Morgan fingerprint density at radius 2 is 1.44 bits per heavy atom. The Morgan fingerprint density at radius 3 is 1.84 bits per heavy atom. The molecule has 0 saturated heterocycles. The van der Waals surface area contributed by atoms with Gasteiger partial charge in [0, 0.05) is 0 Å². The van der Waals surface area contributed by atoms with Gasteiger partial charge in [-0.15, -0.1) is 6.58 Å². The van der Waals surface area contributed by atoms with Crippen LogP contribution in [0.15, 0.2) is 78.0 Å². The second-order valence-corrected chi connectivity index (χ2v) is 10.7. The molecule has 0 aliphatic carbocycles. The van der Waals surface area contributed by atoms with Crippen LogP contribution in [0.25, 0.3) is 0 Å². The molecule has 2 aromatic rings. The monoisotopic (exact) mass is 352 g/mol. The summed E-state index contributed by atoms with van der Waals surface area (Å²) in [6, 6.07) is 20.3. The lowest BCUT2D eigenvalue weighted by molar-refractivity contribution is 0.215. The third-order valence-electron chi connectivity index (χ3n) is 3.92. The second-order valence-electron chi connectivity index (χ2n) is 6.88. The number of nitrogens with zero attached hydrogens (tertiary/aromatic N) is 2. The van der Waals surface area contributed by atoms with Gasteiger partial charge in [0.2, 0.25) is 8.32 Å². The summed E-state index contributed by atoms with van der Waals surface area (Å²) in [4.78, 5) is 0. The van der Waals surface area contributed by atoms with Crippen molar-refractivity contribution in [3.05, 3.63) is 72.9 Å². The summed E-state index contributed by atoms with van der Waals surface area (Å²) in [7, 11) is -1.88. The van der Waals surface area contributed by atoms with E-state index in [4.69, 9.17) is 9.53 Å². The lowest BCUT2D eigenvalue weighted by Crippen LogP contribution is -2.37. The number of anilines is 2. The molecule has 4 heteroatoms. The Labute approximate surface area is 152 Å². The molecule has 1 atom stereocenters. The molecule has 2 rings (SSSR count). The predicted octanol–water partition coefficient (Wildman–Crippen LogP) is 5.78. The minimum Gasteiger partial charge on any atom is -0.405 e. The van der Waals surface area contributed by atoms with E-state index in [0.717, 1.165) is 11.4 Å². The average molecular weight is 353 g/mol. The van der Waals surface area contributed by atoms with Crippen LogP contribution in [0.2, 0.25) is 13.1 Å². The van der Waals surface area contributed by atoms with Crippen LogP contribution in [0, 0.1) is 5.92 Å². The van der Waals surface area contributed by atoms with Crippen LogP contribution < -0.4 is 5.01 Å². The second kappa shape index (κ2) is 8.79. The number of hydrogen-bond acceptors (Lipinski definition) is 3. The highest BCUT2D eigenvalue weighted by atomic mass is 28.4. The van der Waals surface area contributed by atoms with Crippen molar-refractivity contribution < 1.29 is 4.43 Å². The first-order chi connectivity index (χ1) is 11.9. The fraction of sp³-hybridized carbons (Fsp3) is 0.286. The number of hydrazone groups is 1. The lowest BCUT2D eigenvalue weighted by Gasteiger charge is -2.28. The summed E-state index contributed by atoms with van der Waals surface area (Å²) >= 11 is 0. The molecule has 25 heavy (non-hydrogen) atoms. The maximum Gasteiger partial charge on any atom is 0.211 e. The van der Waals surface area contributed by atoms with Crippen LogP contribution in [-0.2, 0) is 4.43 Å². The predicted molar refractivity (Wildman–Crippen MR) is 111 cm³/mol. The van der Waals surface area contributed by atoms with Crippen LogP contribution in [0.4, 0.5) is 11.4 Å². The van der Waals surface area contributed by atoms with Crippen molar-refractivity contribution in [1.82, 2.24) is 0 Å². The Hall–Kier alpha value is -2.17. The first-order valence-corrected chi connectivity index (χ1v) is 11.7. The molecule has 0 unspecified atom stereocenters. The van der Waals surface area contributed by atoms with E-state index in [0.29, 0.717) is 5.92 Å². The summed E-state index contributed by atoms with van der Waals surface area (Å²) in [5.41, 5.74) is 4.00. The molecule has 132 valence electrons. The number of rotatable bonds is 8. The summed E-state index contributed by atoms with van der Waals surface area (Å²) in [5.74, 6) is 0.337. The zero-order valence-corrected chi connectivity index (χ0v) is 16.6. The fourth-order valence-electron chi connectivity index (χ4n) is 2.29. The molecule has 0 amide bonds. The van der Waals surface area contributed by atoms with Gasteiger partial charge in [0.05, 0.1) is 23.7 Å². The molecule has 3 nitrogen and oxygen atoms in total. The summed E-state index contributed by atoms with van der Waals surface area (Å²) < 4.78 is 6.32. The van der Waals surface area contributed by atoms with Crippen molar-refractivity contribution in [2.45, 2.75) is 33.0 Å². The van der Waals surface area contributed by atoms with Gasteiger partial charge in [0.15, 0.2) is 0 Å². The molecule has 0 radical (unpaired) electrons. The van der Waals surface area contributed by atoms with Crippen LogP contribution in [0.5, 0.6) is 0 Å². The minimum atomic E-state index is -1.88. The van der Waals surface area contributed by atoms with Crippen LogP contribution in [0.1, 0.15) is 13.8 Å². The van der Waals surface area contributed by atoms with E-state index in [2.05, 4.69) is 57.8 Å². The SMILES string of the molecule is C=C[Si](C)(C)O[C@H](/C=N/N(c1ccccc1)c1ccccc1)C(C)C. The molecule has 0 aliphatic heterocycles. The molecule has 0 spiro atoms. The molecule has 0 N–H and O–H groups in total. The molecule has 0 fully saturated rings. The largest absolute Gasteiger partial charge is 0.405 e. The number of benzene rings is 2. The first kappa shape index (κ1) is 19.2. The maximum atomic E-state index is 6.32. The van der Waals surface area contributed by atoms with E-state index in [9.17, 15) is 0 Å². The highest BCUT2D eigenvalue weighted by molar-refractivity contribution is 6.76. The Bertz CT molecular complexity index is 644. The van der Waals surface area contributed by atoms with E-state index in [1.165, 1.54) is 0 Å². The van der Waals surface area contributed by atoms with Gasteiger partial charge in [-0.3, -0.25) is 0 Å². The van der Waals surface area contributed by atoms with Gasteiger partial charge in [-0.2, -0.15) is 5.10 Å². The van der Waals surface area contributed by atoms with Crippen molar-refractivity contribution >= 4 is 25.9 Å². The van der Waals surface area contributed by atoms with E-state index >= 15 is 0 Å². The van der Waals surface area contributed by atoms with Gasteiger partial charge < -0.3 is 4.43 Å². The van der Waals surface area contributed by atoms with Gasteiger partial charge in [0.25, 0.3) is 0 Å². The highest BCUT2D eigenvalue weighted by Gasteiger charge is 2.24. The van der Waals surface area contributed by atoms with Gasteiger partial charge in [-0.25, -0.2) is 5.01 Å². The van der Waals surface area contributed by atoms with Gasteiger partial charge in [-0.05, 0) is 43.3 Å². The average Bonchev–Trinajstić information content (AvgIpc) is 2.62. The lowest BCUT2D eigenvalue weighted by atomic mass is 10.1. The van der Waals surface area contributed by atoms with E-state index in [-0.39, 0.29) is 6.10 Å². The smallest absolute Gasteiger partial charge is 0.211 e. The van der Waals surface area contributed by atoms with Crippen molar-refractivity contribution in [2.24, 2.45) is 11.0 Å². The molecular formula is C21H28N2OSi. The Kier molecular flexibility index (Phi) is 6.73. The van der Waals surface area contributed by atoms with Gasteiger partial charge >= 0.3 is 0 Å². The van der Waals surface area contributed by atoms with Gasteiger partial charge in [-0.1, -0.05) is 55.9 Å². The molecule has 0 aliphatic rings. The third-order valence-corrected chi connectivity index (χ3v) is 5.78.